The predicted molar refractivity (Wildman–Crippen MR) is 99.6 cm³/mol. The molecule has 0 aliphatic carbocycles. The Labute approximate surface area is 145 Å². The molecule has 2 aromatic rings. The number of rotatable bonds is 8. The van der Waals surface area contributed by atoms with E-state index in [2.05, 4.69) is 11.0 Å². The highest BCUT2D eigenvalue weighted by molar-refractivity contribution is 7.52. The minimum atomic E-state index is -3.45. The van der Waals surface area contributed by atoms with Gasteiger partial charge in [-0.05, 0) is 59.8 Å². The molecule has 0 spiro atoms. The maximum Gasteiger partial charge on any atom is 0.439 e. The van der Waals surface area contributed by atoms with Gasteiger partial charge < -0.3 is 4.90 Å². The van der Waals surface area contributed by atoms with Crippen LogP contribution in [-0.2, 0) is 20.0 Å². The van der Waals surface area contributed by atoms with E-state index in [1.54, 1.807) is 4.34 Å². The number of hydrogen-bond donors (Lipinski definition) is 0. The van der Waals surface area contributed by atoms with Crippen LogP contribution < -0.4 is 0 Å². The number of benzene rings is 1. The van der Waals surface area contributed by atoms with Crippen LogP contribution >= 0.6 is 7.75 Å². The maximum absolute atomic E-state index is 13.5. The van der Waals surface area contributed by atoms with E-state index in [-0.39, 0.29) is 12.2 Å². The third-order valence-corrected chi connectivity index (χ3v) is 5.79. The Morgan fingerprint density at radius 3 is 2.21 bits per heavy atom. The van der Waals surface area contributed by atoms with Gasteiger partial charge in [0.05, 0.1) is 17.7 Å². The number of fused-ring (bicyclic) bond motifs is 1. The van der Waals surface area contributed by atoms with Crippen molar-refractivity contribution in [2.45, 2.75) is 46.3 Å². The van der Waals surface area contributed by atoms with Crippen molar-refractivity contribution in [3.8, 4) is 0 Å². The first-order valence-corrected chi connectivity index (χ1v) is 9.94. The standard InChI is InChI=1S/C18H29N2O3P/c1-14(2)22-24(21,23-15(3)4)20-13-16(11-12-19(5)6)17-9-7-8-10-18(17)20/h7-10,13-15H,11-12H2,1-6H3. The largest absolute Gasteiger partial charge is 0.439 e. The fourth-order valence-electron chi connectivity index (χ4n) is 2.64. The molecule has 0 amide bonds. The van der Waals surface area contributed by atoms with E-state index in [4.69, 9.17) is 9.05 Å². The van der Waals surface area contributed by atoms with Gasteiger partial charge in [-0.15, -0.1) is 0 Å². The second-order valence-corrected chi connectivity index (χ2v) is 8.64. The highest BCUT2D eigenvalue weighted by atomic mass is 31.2. The normalized spacial score (nSPS) is 12.9. The Morgan fingerprint density at radius 2 is 1.67 bits per heavy atom. The molecule has 6 heteroatoms. The van der Waals surface area contributed by atoms with E-state index >= 15 is 0 Å². The zero-order chi connectivity index (χ0) is 17.9. The van der Waals surface area contributed by atoms with Gasteiger partial charge in [0.2, 0.25) is 0 Å². The van der Waals surface area contributed by atoms with Crippen molar-refractivity contribution in [1.82, 2.24) is 9.24 Å². The minimum absolute atomic E-state index is 0.194. The molecule has 1 aromatic heterocycles. The first-order chi connectivity index (χ1) is 11.2. The van der Waals surface area contributed by atoms with Crippen molar-refractivity contribution in [1.29, 1.82) is 0 Å². The van der Waals surface area contributed by atoms with Gasteiger partial charge in [-0.2, -0.15) is 0 Å². The number of para-hydroxylation sites is 1. The van der Waals surface area contributed by atoms with E-state index in [1.807, 2.05) is 66.2 Å². The molecular weight excluding hydrogens is 323 g/mol. The summed E-state index contributed by atoms with van der Waals surface area (Å²) in [7, 11) is 0.646. The Kier molecular flexibility index (Phi) is 6.27. The lowest BCUT2D eigenvalue weighted by Crippen LogP contribution is -2.15. The van der Waals surface area contributed by atoms with Crippen LogP contribution in [0.1, 0.15) is 33.3 Å². The number of nitrogens with zero attached hydrogens (tertiary/aromatic N) is 2. The van der Waals surface area contributed by atoms with Crippen molar-refractivity contribution >= 4 is 18.6 Å². The van der Waals surface area contributed by atoms with E-state index in [1.165, 1.54) is 0 Å². The molecule has 1 heterocycles. The highest BCUT2D eigenvalue weighted by Crippen LogP contribution is 2.54. The van der Waals surface area contributed by atoms with Crippen LogP contribution in [0, 0.1) is 0 Å². The summed E-state index contributed by atoms with van der Waals surface area (Å²) < 4.78 is 26.7. The molecule has 2 rings (SSSR count). The van der Waals surface area contributed by atoms with E-state index in [9.17, 15) is 4.57 Å². The summed E-state index contributed by atoms with van der Waals surface area (Å²) in [5.74, 6) is 0. The summed E-state index contributed by atoms with van der Waals surface area (Å²) in [4.78, 5) is 2.14. The molecule has 0 N–H and O–H groups in total. The van der Waals surface area contributed by atoms with Gasteiger partial charge in [0.15, 0.2) is 0 Å². The Bertz CT molecular complexity index is 708. The molecule has 0 aliphatic heterocycles. The van der Waals surface area contributed by atoms with Crippen molar-refractivity contribution < 1.29 is 13.6 Å². The summed E-state index contributed by atoms with van der Waals surface area (Å²) in [5, 5.41) is 1.10. The summed E-state index contributed by atoms with van der Waals surface area (Å²) in [5.41, 5.74) is 2.04. The molecule has 0 bridgehead atoms. The molecule has 0 radical (unpaired) electrons. The van der Waals surface area contributed by atoms with E-state index in [0.29, 0.717) is 0 Å². The molecule has 1 aromatic carbocycles. The van der Waals surface area contributed by atoms with Gasteiger partial charge in [-0.25, -0.2) is 4.57 Å². The predicted octanol–water partition coefficient (Wildman–Crippen LogP) is 4.55. The molecule has 0 unspecified atom stereocenters. The molecule has 24 heavy (non-hydrogen) atoms. The summed E-state index contributed by atoms with van der Waals surface area (Å²) in [6.45, 7) is 8.41. The van der Waals surface area contributed by atoms with Crippen LogP contribution in [-0.4, -0.2) is 42.1 Å². The lowest BCUT2D eigenvalue weighted by atomic mass is 10.1. The molecular formula is C18H29N2O3P. The topological polar surface area (TPSA) is 43.7 Å². The smallest absolute Gasteiger partial charge is 0.309 e. The minimum Gasteiger partial charge on any atom is -0.309 e. The third-order valence-electron chi connectivity index (χ3n) is 3.56. The van der Waals surface area contributed by atoms with Crippen molar-refractivity contribution in [2.75, 3.05) is 20.6 Å². The highest BCUT2D eigenvalue weighted by Gasteiger charge is 2.32. The lowest BCUT2D eigenvalue weighted by Gasteiger charge is -2.24. The first-order valence-electron chi connectivity index (χ1n) is 8.44. The van der Waals surface area contributed by atoms with Crippen molar-refractivity contribution in [3.63, 3.8) is 0 Å². The van der Waals surface area contributed by atoms with Crippen LogP contribution in [0.3, 0.4) is 0 Å². The van der Waals surface area contributed by atoms with Gasteiger partial charge in [0.25, 0.3) is 0 Å². The SMILES string of the molecule is CC(C)OP(=O)(OC(C)C)n1cc(CCN(C)C)c2ccccc21. The zero-order valence-corrected chi connectivity index (χ0v) is 16.4. The van der Waals surface area contributed by atoms with Gasteiger partial charge in [0.1, 0.15) is 0 Å². The fourth-order valence-corrected chi connectivity index (χ4v) is 4.67. The number of hydrogen-bond acceptors (Lipinski definition) is 4. The summed E-state index contributed by atoms with van der Waals surface area (Å²) in [6.07, 6.45) is 2.42. The Morgan fingerprint density at radius 1 is 1.08 bits per heavy atom. The Balaban J connectivity index is 2.54. The van der Waals surface area contributed by atoms with Gasteiger partial charge in [-0.3, -0.25) is 13.4 Å². The van der Waals surface area contributed by atoms with Crippen LogP contribution in [0.4, 0.5) is 0 Å². The summed E-state index contributed by atoms with van der Waals surface area (Å²) >= 11 is 0. The molecule has 0 atom stereocenters. The van der Waals surface area contributed by atoms with Crippen LogP contribution in [0.15, 0.2) is 30.5 Å². The second kappa shape index (κ2) is 7.83. The average Bonchev–Trinajstić information content (AvgIpc) is 2.83. The van der Waals surface area contributed by atoms with Crippen LogP contribution in [0.2, 0.25) is 0 Å². The molecule has 0 saturated heterocycles. The lowest BCUT2D eigenvalue weighted by molar-refractivity contribution is 0.137. The summed E-state index contributed by atoms with van der Waals surface area (Å²) in [6, 6.07) is 7.98. The van der Waals surface area contributed by atoms with Gasteiger partial charge in [-0.1, -0.05) is 18.2 Å². The zero-order valence-electron chi connectivity index (χ0n) is 15.5. The van der Waals surface area contributed by atoms with Crippen molar-refractivity contribution in [2.24, 2.45) is 0 Å². The van der Waals surface area contributed by atoms with Crippen LogP contribution in [0.5, 0.6) is 0 Å². The van der Waals surface area contributed by atoms with Crippen LogP contribution in [0.25, 0.3) is 10.9 Å². The number of likely N-dealkylation sites (N-methyl/N-ethyl adjacent to an activating group) is 1. The fraction of sp³-hybridized carbons (Fsp3) is 0.556. The quantitative estimate of drug-likeness (QED) is 0.654. The second-order valence-electron chi connectivity index (χ2n) is 6.85. The van der Waals surface area contributed by atoms with Gasteiger partial charge >= 0.3 is 7.75 Å². The molecule has 0 aliphatic rings. The first kappa shape index (κ1) is 19.2. The molecule has 0 saturated carbocycles. The monoisotopic (exact) mass is 352 g/mol. The molecule has 134 valence electrons. The van der Waals surface area contributed by atoms with Crippen molar-refractivity contribution in [3.05, 3.63) is 36.0 Å². The average molecular weight is 352 g/mol. The van der Waals surface area contributed by atoms with E-state index in [0.717, 1.165) is 29.4 Å². The number of aromatic nitrogens is 1. The Hall–Kier alpha value is -1.13. The van der Waals surface area contributed by atoms with Gasteiger partial charge in [0, 0.05) is 18.1 Å². The molecule has 5 nitrogen and oxygen atoms in total. The maximum atomic E-state index is 13.5. The third kappa shape index (κ3) is 4.48. The van der Waals surface area contributed by atoms with E-state index < -0.39 is 7.75 Å². The molecule has 0 fully saturated rings.